The third-order valence-electron chi connectivity index (χ3n) is 11.7. The molecule has 12 rings (SSSR count). The van der Waals surface area contributed by atoms with Crippen molar-refractivity contribution < 1.29 is 0 Å². The molecule has 1 fully saturated rings. The van der Waals surface area contributed by atoms with Gasteiger partial charge in [0.15, 0.2) is 0 Å². The van der Waals surface area contributed by atoms with Gasteiger partial charge in [0.25, 0.3) is 0 Å². The zero-order valence-electron chi connectivity index (χ0n) is 30.8. The molecule has 4 heterocycles. The van der Waals surface area contributed by atoms with Crippen LogP contribution in [0.4, 0.5) is 0 Å². The summed E-state index contributed by atoms with van der Waals surface area (Å²) in [4.78, 5) is 0. The number of hydrogen-bond acceptors (Lipinski definition) is 5. The van der Waals surface area contributed by atoms with Gasteiger partial charge in [0, 0.05) is 67.8 Å². The first-order chi connectivity index (χ1) is 28.3. The van der Waals surface area contributed by atoms with Crippen molar-refractivity contribution in [2.24, 2.45) is 0 Å². The van der Waals surface area contributed by atoms with E-state index in [0.29, 0.717) is 0 Å². The van der Waals surface area contributed by atoms with Crippen LogP contribution in [0.15, 0.2) is 182 Å². The highest BCUT2D eigenvalue weighted by molar-refractivity contribution is 7.27. The highest BCUT2D eigenvalue weighted by Crippen LogP contribution is 2.48. The highest BCUT2D eigenvalue weighted by atomic mass is 32.1. The van der Waals surface area contributed by atoms with Gasteiger partial charge in [0.1, 0.15) is 0 Å². The van der Waals surface area contributed by atoms with Crippen LogP contribution in [0.25, 0.3) is 79.0 Å². The molecule has 272 valence electrons. The van der Waals surface area contributed by atoms with E-state index in [0.717, 1.165) is 0 Å². The van der Waals surface area contributed by atoms with E-state index in [9.17, 15) is 0 Å². The van der Waals surface area contributed by atoms with Gasteiger partial charge in [0.2, 0.25) is 0 Å². The topological polar surface area (TPSA) is 41.0 Å². The van der Waals surface area contributed by atoms with Crippen molar-refractivity contribution in [2.45, 2.75) is 18.5 Å². The Morgan fingerprint density at radius 3 is 1.51 bits per heavy atom. The molecule has 0 aliphatic carbocycles. The molecule has 1 aliphatic rings. The first kappa shape index (κ1) is 33.1. The second-order valence-electron chi connectivity index (χ2n) is 14.9. The Kier molecular flexibility index (Phi) is 7.68. The van der Waals surface area contributed by atoms with Crippen LogP contribution >= 0.6 is 22.7 Å². The number of aromatic nitrogens is 1. The van der Waals surface area contributed by atoms with Crippen molar-refractivity contribution in [1.29, 1.82) is 0 Å². The van der Waals surface area contributed by atoms with Crippen LogP contribution in [0.5, 0.6) is 0 Å². The molecule has 0 bridgehead atoms. The summed E-state index contributed by atoms with van der Waals surface area (Å²) in [5.41, 5.74) is 9.95. The monoisotopic (exact) mass is 768 g/mol. The third kappa shape index (κ3) is 5.23. The number of fused-ring (bicyclic) bond motifs is 9. The second-order valence-corrected chi connectivity index (χ2v) is 17.0. The molecule has 2 unspecified atom stereocenters. The quantitative estimate of drug-likeness (QED) is 0.163. The number of rotatable bonds is 5. The molecule has 0 saturated carbocycles. The summed E-state index contributed by atoms with van der Waals surface area (Å²) in [6, 6.07) is 66.4. The van der Waals surface area contributed by atoms with Gasteiger partial charge in [-0.2, -0.15) is 0 Å². The van der Waals surface area contributed by atoms with E-state index in [1.165, 1.54) is 95.7 Å². The fourth-order valence-electron chi connectivity index (χ4n) is 9.19. The van der Waals surface area contributed by atoms with Crippen molar-refractivity contribution in [3.8, 4) is 16.8 Å². The number of nitrogens with zero attached hydrogens (tertiary/aromatic N) is 1. The van der Waals surface area contributed by atoms with Crippen molar-refractivity contribution in [3.05, 3.63) is 199 Å². The summed E-state index contributed by atoms with van der Waals surface area (Å²) in [5.74, 6) is 0. The smallest absolute Gasteiger partial charge is 0.0878 e. The third-order valence-corrected chi connectivity index (χ3v) is 14.3. The maximum Gasteiger partial charge on any atom is 0.0878 e. The van der Waals surface area contributed by atoms with Gasteiger partial charge in [-0.3, -0.25) is 16.0 Å². The summed E-state index contributed by atoms with van der Waals surface area (Å²) >= 11 is 3.82. The lowest BCUT2D eigenvalue weighted by atomic mass is 9.99. The fourth-order valence-corrected chi connectivity index (χ4v) is 11.8. The number of para-hydroxylation sites is 2. The first-order valence-electron chi connectivity index (χ1n) is 19.5. The molecule has 57 heavy (non-hydrogen) atoms. The minimum atomic E-state index is -0.0767. The van der Waals surface area contributed by atoms with Crippen LogP contribution in [-0.2, 0) is 0 Å². The van der Waals surface area contributed by atoms with E-state index in [1.807, 2.05) is 22.7 Å². The normalized spacial score (nSPS) is 17.4. The molecular formula is C51H36N4S2. The van der Waals surface area contributed by atoms with Gasteiger partial charge >= 0.3 is 0 Å². The molecular weight excluding hydrogens is 733 g/mol. The number of thiophene rings is 2. The Balaban J connectivity index is 1.02. The second kappa shape index (κ2) is 13.2. The summed E-state index contributed by atoms with van der Waals surface area (Å²) in [7, 11) is 0. The molecule has 2 atom stereocenters. The Labute approximate surface area is 337 Å². The van der Waals surface area contributed by atoms with Crippen LogP contribution in [0.1, 0.15) is 35.2 Å². The molecule has 6 heteroatoms. The molecule has 0 radical (unpaired) electrons. The summed E-state index contributed by atoms with van der Waals surface area (Å²) in [6.07, 6.45) is -0.131. The van der Waals surface area contributed by atoms with Crippen molar-refractivity contribution in [1.82, 2.24) is 20.5 Å². The van der Waals surface area contributed by atoms with Crippen LogP contribution in [-0.4, -0.2) is 4.57 Å². The molecule has 1 aliphatic heterocycles. The lowest BCUT2D eigenvalue weighted by Crippen LogP contribution is -2.54. The minimum absolute atomic E-state index is 0.0270. The van der Waals surface area contributed by atoms with Crippen molar-refractivity contribution >= 4 is 84.8 Å². The van der Waals surface area contributed by atoms with Gasteiger partial charge in [-0.1, -0.05) is 158 Å². The van der Waals surface area contributed by atoms with E-state index in [4.69, 9.17) is 0 Å². The van der Waals surface area contributed by atoms with Gasteiger partial charge in [-0.05, 0) is 35.4 Å². The predicted molar refractivity (Wildman–Crippen MR) is 243 cm³/mol. The minimum Gasteiger partial charge on any atom is -0.309 e. The van der Waals surface area contributed by atoms with E-state index < -0.39 is 0 Å². The van der Waals surface area contributed by atoms with Crippen LogP contribution in [0, 0.1) is 0 Å². The zero-order valence-corrected chi connectivity index (χ0v) is 32.4. The van der Waals surface area contributed by atoms with Crippen molar-refractivity contribution in [2.75, 3.05) is 0 Å². The Morgan fingerprint density at radius 2 is 0.860 bits per heavy atom. The lowest BCUT2D eigenvalue weighted by molar-refractivity contribution is 0.204. The highest BCUT2D eigenvalue weighted by Gasteiger charge is 2.31. The maximum atomic E-state index is 3.93. The standard InChI is InChI=1S/C51H36N4S2/c1-3-15-31(16-4-1)49-52-50(32-17-5-2-6-18-32)54-51(53-49)40-26-13-24-38-36-22-11-21-35(46(36)57-48(38)40)37-23-12-25-39-45-43(29-14-30-44(45)56-47(37)39)55-41-27-9-7-19-33(41)34-20-8-10-28-42(34)55/h1-30,49-54H. The Morgan fingerprint density at radius 1 is 0.368 bits per heavy atom. The van der Waals surface area contributed by atoms with E-state index in [2.05, 4.69) is 203 Å². The average Bonchev–Trinajstić information content (AvgIpc) is 3.97. The number of benzene rings is 8. The van der Waals surface area contributed by atoms with Crippen LogP contribution < -0.4 is 16.0 Å². The SMILES string of the molecule is c1ccc(C2NC(c3ccccc3)NC(c3cccc4c3sc3c(-c5cccc6c5sc5cccc(-n7c8ccccc8c8ccccc87)c56)cccc34)N2)cc1. The summed E-state index contributed by atoms with van der Waals surface area (Å²) in [6.45, 7) is 0. The maximum absolute atomic E-state index is 3.93. The Hall–Kier alpha value is -6.12. The molecule has 8 aromatic carbocycles. The largest absolute Gasteiger partial charge is 0.309 e. The number of hydrogen-bond donors (Lipinski definition) is 3. The summed E-state index contributed by atoms with van der Waals surface area (Å²) < 4.78 is 7.71. The Bertz CT molecular complexity index is 3210. The molecule has 3 N–H and O–H groups in total. The number of nitrogens with one attached hydrogen (secondary N) is 3. The first-order valence-corrected chi connectivity index (χ1v) is 21.2. The molecule has 0 spiro atoms. The van der Waals surface area contributed by atoms with E-state index in [-0.39, 0.29) is 18.5 Å². The molecule has 11 aromatic rings. The van der Waals surface area contributed by atoms with Gasteiger partial charge in [-0.25, -0.2) is 0 Å². The van der Waals surface area contributed by atoms with Gasteiger partial charge in [0.05, 0.1) is 35.2 Å². The molecule has 1 saturated heterocycles. The fraction of sp³-hybridized carbons (Fsp3) is 0.0588. The molecule has 3 aromatic heterocycles. The van der Waals surface area contributed by atoms with Crippen LogP contribution in [0.2, 0.25) is 0 Å². The van der Waals surface area contributed by atoms with E-state index >= 15 is 0 Å². The van der Waals surface area contributed by atoms with Crippen molar-refractivity contribution in [3.63, 3.8) is 0 Å². The lowest BCUT2D eigenvalue weighted by Gasteiger charge is -2.39. The average molecular weight is 769 g/mol. The molecule has 0 amide bonds. The van der Waals surface area contributed by atoms with E-state index in [1.54, 1.807) is 0 Å². The zero-order chi connectivity index (χ0) is 37.5. The summed E-state index contributed by atoms with van der Waals surface area (Å²) in [5, 5.41) is 19.4. The van der Waals surface area contributed by atoms with Crippen LogP contribution in [0.3, 0.4) is 0 Å². The molecule has 4 nitrogen and oxygen atoms in total. The predicted octanol–water partition coefficient (Wildman–Crippen LogP) is 13.4. The van der Waals surface area contributed by atoms with Gasteiger partial charge < -0.3 is 4.57 Å². The van der Waals surface area contributed by atoms with Gasteiger partial charge in [-0.15, -0.1) is 22.7 Å².